The van der Waals surface area contributed by atoms with Gasteiger partial charge in [-0.2, -0.15) is 5.10 Å². The molecule has 0 radical (unpaired) electrons. The van der Waals surface area contributed by atoms with Crippen LogP contribution in [-0.4, -0.2) is 47.3 Å². The third-order valence-electron chi connectivity index (χ3n) is 4.03. The third-order valence-corrected chi connectivity index (χ3v) is 4.03. The van der Waals surface area contributed by atoms with Gasteiger partial charge in [0.05, 0.1) is 11.7 Å². The van der Waals surface area contributed by atoms with Crippen molar-refractivity contribution < 1.29 is 4.79 Å². The van der Waals surface area contributed by atoms with Gasteiger partial charge in [-0.3, -0.25) is 9.48 Å². The Bertz CT molecular complexity index is 466. The number of carbonyl (C=O) groups excluding carboxylic acids is 1. The van der Waals surface area contributed by atoms with Crippen LogP contribution in [-0.2, 0) is 17.8 Å². The van der Waals surface area contributed by atoms with Gasteiger partial charge in [-0.1, -0.05) is 0 Å². The topological polar surface area (TPSA) is 50.2 Å². The zero-order valence-corrected chi connectivity index (χ0v) is 13.0. The molecule has 1 fully saturated rings. The van der Waals surface area contributed by atoms with E-state index in [4.69, 9.17) is 0 Å². The highest BCUT2D eigenvalue weighted by Gasteiger charge is 2.28. The molecule has 1 aromatic heterocycles. The minimum absolute atomic E-state index is 0.0251. The highest BCUT2D eigenvalue weighted by molar-refractivity contribution is 5.81. The molecule has 0 spiro atoms. The molecular weight excluding hydrogens is 252 g/mol. The first-order valence-corrected chi connectivity index (χ1v) is 7.49. The maximum atomic E-state index is 12.1. The summed E-state index contributed by atoms with van der Waals surface area (Å²) in [6.45, 7) is 6.00. The molecule has 1 aliphatic rings. The van der Waals surface area contributed by atoms with E-state index in [1.165, 1.54) is 5.69 Å². The molecule has 5 nitrogen and oxygen atoms in total. The summed E-state index contributed by atoms with van der Waals surface area (Å²) in [4.78, 5) is 13.8. The van der Waals surface area contributed by atoms with Crippen molar-refractivity contribution >= 4 is 5.91 Å². The van der Waals surface area contributed by atoms with E-state index < -0.39 is 0 Å². The quantitative estimate of drug-likeness (QED) is 0.900. The summed E-state index contributed by atoms with van der Waals surface area (Å²) < 4.78 is 2.08. The minimum atomic E-state index is -0.0251. The van der Waals surface area contributed by atoms with E-state index in [0.29, 0.717) is 5.92 Å². The van der Waals surface area contributed by atoms with Gasteiger partial charge in [0.2, 0.25) is 5.91 Å². The number of hydrogen-bond acceptors (Lipinski definition) is 3. The van der Waals surface area contributed by atoms with E-state index in [9.17, 15) is 4.79 Å². The van der Waals surface area contributed by atoms with Crippen LogP contribution in [0.25, 0.3) is 0 Å². The average Bonchev–Trinajstić information content (AvgIpc) is 2.78. The Morgan fingerprint density at radius 3 is 2.95 bits per heavy atom. The number of hydrogen-bond donors (Lipinski definition) is 1. The summed E-state index contributed by atoms with van der Waals surface area (Å²) in [5.41, 5.74) is 2.38. The van der Waals surface area contributed by atoms with Crippen molar-refractivity contribution in [2.75, 3.05) is 20.6 Å². The fourth-order valence-electron chi connectivity index (χ4n) is 3.01. The Kier molecular flexibility index (Phi) is 4.81. The van der Waals surface area contributed by atoms with Crippen LogP contribution in [0.4, 0.5) is 0 Å². The highest BCUT2D eigenvalue weighted by atomic mass is 16.2. The molecule has 1 N–H and O–H groups in total. The van der Waals surface area contributed by atoms with Gasteiger partial charge in [0.25, 0.3) is 0 Å². The van der Waals surface area contributed by atoms with E-state index in [1.807, 2.05) is 21.0 Å². The maximum Gasteiger partial charge on any atom is 0.239 e. The average molecular weight is 278 g/mol. The zero-order valence-electron chi connectivity index (χ0n) is 13.0. The maximum absolute atomic E-state index is 12.1. The molecule has 0 saturated carbocycles. The molecule has 0 aromatic carbocycles. The number of likely N-dealkylation sites (N-methyl/N-ethyl adjacent to an activating group) is 1. The van der Waals surface area contributed by atoms with Crippen LogP contribution in [0.1, 0.15) is 31.2 Å². The van der Waals surface area contributed by atoms with Crippen molar-refractivity contribution in [3.8, 4) is 0 Å². The molecule has 1 aromatic rings. The second-order valence-corrected chi connectivity index (χ2v) is 5.93. The summed E-state index contributed by atoms with van der Waals surface area (Å²) in [6.07, 6.45) is 3.07. The lowest BCUT2D eigenvalue weighted by Crippen LogP contribution is -2.48. The smallest absolute Gasteiger partial charge is 0.239 e. The van der Waals surface area contributed by atoms with Crippen LogP contribution in [0, 0.1) is 12.8 Å². The molecule has 2 unspecified atom stereocenters. The predicted octanol–water partition coefficient (Wildman–Crippen LogP) is 1.21. The Morgan fingerprint density at radius 2 is 2.30 bits per heavy atom. The normalized spacial score (nSPS) is 22.8. The molecule has 5 heteroatoms. The van der Waals surface area contributed by atoms with E-state index >= 15 is 0 Å². The first kappa shape index (κ1) is 15.0. The Balaban J connectivity index is 2.00. The Hall–Kier alpha value is -1.36. The molecular formula is C15H26N4O. The van der Waals surface area contributed by atoms with Crippen LogP contribution in [0.2, 0.25) is 0 Å². The van der Waals surface area contributed by atoms with Gasteiger partial charge >= 0.3 is 0 Å². The summed E-state index contributed by atoms with van der Waals surface area (Å²) >= 11 is 0. The largest absolute Gasteiger partial charge is 0.347 e. The van der Waals surface area contributed by atoms with Crippen molar-refractivity contribution in [3.63, 3.8) is 0 Å². The van der Waals surface area contributed by atoms with E-state index in [0.717, 1.165) is 38.0 Å². The number of nitrogens with zero attached hydrogens (tertiary/aromatic N) is 3. The predicted molar refractivity (Wildman–Crippen MR) is 79.6 cm³/mol. The molecule has 0 aliphatic carbocycles. The number of piperidine rings is 1. The number of carbonyl (C=O) groups is 1. The third kappa shape index (κ3) is 3.39. The van der Waals surface area contributed by atoms with Crippen LogP contribution in [0.3, 0.4) is 0 Å². The second kappa shape index (κ2) is 6.39. The fraction of sp³-hybridized carbons (Fsp3) is 0.733. The molecule has 1 saturated heterocycles. The molecule has 2 heterocycles. The van der Waals surface area contributed by atoms with E-state index in [2.05, 4.69) is 28.1 Å². The van der Waals surface area contributed by atoms with Gasteiger partial charge < -0.3 is 10.2 Å². The van der Waals surface area contributed by atoms with Crippen LogP contribution in [0.5, 0.6) is 0 Å². The van der Waals surface area contributed by atoms with Crippen LogP contribution >= 0.6 is 0 Å². The van der Waals surface area contributed by atoms with Crippen molar-refractivity contribution in [3.05, 3.63) is 17.5 Å². The molecule has 1 amide bonds. The van der Waals surface area contributed by atoms with Crippen molar-refractivity contribution in [1.29, 1.82) is 0 Å². The number of aryl methyl sites for hydroxylation is 2. The fourth-order valence-corrected chi connectivity index (χ4v) is 3.01. The first-order valence-electron chi connectivity index (χ1n) is 7.49. The minimum Gasteiger partial charge on any atom is -0.347 e. The number of aromatic nitrogens is 2. The van der Waals surface area contributed by atoms with Crippen molar-refractivity contribution in [1.82, 2.24) is 20.0 Å². The van der Waals surface area contributed by atoms with E-state index in [-0.39, 0.29) is 11.9 Å². The van der Waals surface area contributed by atoms with Gasteiger partial charge in [-0.05, 0) is 51.6 Å². The van der Waals surface area contributed by atoms with Crippen molar-refractivity contribution in [2.24, 2.45) is 5.92 Å². The lowest BCUT2D eigenvalue weighted by molar-refractivity contribution is -0.131. The van der Waals surface area contributed by atoms with Gasteiger partial charge in [-0.25, -0.2) is 0 Å². The summed E-state index contributed by atoms with van der Waals surface area (Å²) in [5.74, 6) is 0.751. The van der Waals surface area contributed by atoms with E-state index in [1.54, 1.807) is 4.90 Å². The second-order valence-electron chi connectivity index (χ2n) is 5.93. The number of amides is 1. The molecule has 2 atom stereocenters. The molecule has 0 bridgehead atoms. The zero-order chi connectivity index (χ0) is 14.7. The van der Waals surface area contributed by atoms with Gasteiger partial charge in [0, 0.05) is 26.3 Å². The standard InChI is InChI=1S/C15H26N4O/c1-5-19-13(8-11(2)17-19)9-12-6-7-16-14(10-12)15(20)18(3)4/h8,12,14,16H,5-7,9-10H2,1-4H3. The van der Waals surface area contributed by atoms with Crippen LogP contribution < -0.4 is 5.32 Å². The highest BCUT2D eigenvalue weighted by Crippen LogP contribution is 2.22. The Labute approximate surface area is 121 Å². The molecule has 20 heavy (non-hydrogen) atoms. The summed E-state index contributed by atoms with van der Waals surface area (Å²) in [7, 11) is 3.65. The monoisotopic (exact) mass is 278 g/mol. The number of nitrogens with one attached hydrogen (secondary N) is 1. The molecule has 2 rings (SSSR count). The molecule has 1 aliphatic heterocycles. The lowest BCUT2D eigenvalue weighted by Gasteiger charge is -2.31. The van der Waals surface area contributed by atoms with Crippen molar-refractivity contribution in [2.45, 2.75) is 45.7 Å². The Morgan fingerprint density at radius 1 is 1.55 bits per heavy atom. The van der Waals surface area contributed by atoms with Crippen LogP contribution in [0.15, 0.2) is 6.07 Å². The van der Waals surface area contributed by atoms with Gasteiger partial charge in [0.1, 0.15) is 0 Å². The summed E-state index contributed by atoms with van der Waals surface area (Å²) in [5, 5.41) is 7.84. The first-order chi connectivity index (χ1) is 9.51. The summed E-state index contributed by atoms with van der Waals surface area (Å²) in [6, 6.07) is 2.15. The molecule has 112 valence electrons. The van der Waals surface area contributed by atoms with Gasteiger partial charge in [0.15, 0.2) is 0 Å². The lowest BCUT2D eigenvalue weighted by atomic mass is 9.88. The number of rotatable bonds is 4. The van der Waals surface area contributed by atoms with Gasteiger partial charge in [-0.15, -0.1) is 0 Å². The SMILES string of the molecule is CCn1nc(C)cc1CC1CCNC(C(=O)N(C)C)C1.